The molecule has 1 atom stereocenters. The van der Waals surface area contributed by atoms with Crippen LogP contribution in [0.4, 0.5) is 4.79 Å². The zero-order valence-corrected chi connectivity index (χ0v) is 11.3. The first-order valence-electron chi connectivity index (χ1n) is 5.85. The fourth-order valence-electron chi connectivity index (χ4n) is 1.70. The van der Waals surface area contributed by atoms with Crippen molar-refractivity contribution in [2.24, 2.45) is 5.73 Å². The van der Waals surface area contributed by atoms with Gasteiger partial charge in [0.15, 0.2) is 0 Å². The lowest BCUT2D eigenvalue weighted by Gasteiger charge is -2.16. The summed E-state index contributed by atoms with van der Waals surface area (Å²) >= 11 is 1.60. The number of hydrogen-bond acceptors (Lipinski definition) is 4. The number of carbonyl (C=O) groups is 1. The van der Waals surface area contributed by atoms with E-state index in [2.05, 4.69) is 4.98 Å². The first-order chi connectivity index (χ1) is 9.08. The molecule has 2 heterocycles. The Morgan fingerprint density at radius 1 is 1.47 bits per heavy atom. The maximum Gasteiger partial charge on any atom is 0.338 e. The Labute approximate surface area is 115 Å². The summed E-state index contributed by atoms with van der Waals surface area (Å²) < 4.78 is 0. The molecule has 0 saturated heterocycles. The van der Waals surface area contributed by atoms with E-state index < -0.39 is 6.03 Å². The molecule has 0 fully saturated rings. The van der Waals surface area contributed by atoms with Crippen molar-refractivity contribution in [1.82, 2.24) is 10.0 Å². The Kier molecular flexibility index (Phi) is 4.13. The van der Waals surface area contributed by atoms with E-state index in [9.17, 15) is 10.0 Å². The molecular formula is C13H15N3O2S. The van der Waals surface area contributed by atoms with Crippen LogP contribution in [0.2, 0.25) is 0 Å². The van der Waals surface area contributed by atoms with Crippen LogP contribution >= 0.6 is 11.3 Å². The quantitative estimate of drug-likeness (QED) is 0.666. The Morgan fingerprint density at radius 3 is 2.89 bits per heavy atom. The number of rotatable bonds is 4. The van der Waals surface area contributed by atoms with Crippen LogP contribution in [0.15, 0.2) is 36.5 Å². The lowest BCUT2D eigenvalue weighted by atomic mass is 10.1. The number of thiophene rings is 1. The second-order valence-electron chi connectivity index (χ2n) is 4.24. The average Bonchev–Trinajstić information content (AvgIpc) is 2.89. The number of hydrogen-bond donors (Lipinski definition) is 2. The number of aromatic nitrogens is 1. The van der Waals surface area contributed by atoms with E-state index in [-0.39, 0.29) is 12.5 Å². The van der Waals surface area contributed by atoms with Crippen LogP contribution in [-0.4, -0.2) is 27.8 Å². The molecule has 0 aliphatic carbocycles. The Morgan fingerprint density at radius 2 is 2.26 bits per heavy atom. The van der Waals surface area contributed by atoms with Gasteiger partial charge >= 0.3 is 6.03 Å². The van der Waals surface area contributed by atoms with Crippen molar-refractivity contribution < 1.29 is 10.0 Å². The van der Waals surface area contributed by atoms with Crippen molar-refractivity contribution in [2.75, 3.05) is 6.54 Å². The average molecular weight is 277 g/mol. The first-order valence-corrected chi connectivity index (χ1v) is 6.66. The summed E-state index contributed by atoms with van der Waals surface area (Å²) in [5.74, 6) is 0.0139. The van der Waals surface area contributed by atoms with Crippen molar-refractivity contribution in [1.29, 1.82) is 0 Å². The lowest BCUT2D eigenvalue weighted by Crippen LogP contribution is -2.35. The van der Waals surface area contributed by atoms with E-state index in [1.807, 2.05) is 37.3 Å². The molecule has 2 aromatic heterocycles. The lowest BCUT2D eigenvalue weighted by molar-refractivity contribution is -0.0425. The van der Waals surface area contributed by atoms with Crippen LogP contribution in [0, 0.1) is 0 Å². The van der Waals surface area contributed by atoms with E-state index in [0.717, 1.165) is 15.4 Å². The van der Waals surface area contributed by atoms with E-state index in [1.165, 1.54) is 0 Å². The molecule has 2 aromatic rings. The topological polar surface area (TPSA) is 79.5 Å². The summed E-state index contributed by atoms with van der Waals surface area (Å²) in [6.45, 7) is 2.11. The van der Waals surface area contributed by atoms with Gasteiger partial charge in [0, 0.05) is 17.0 Å². The third-order valence-electron chi connectivity index (χ3n) is 2.73. The van der Waals surface area contributed by atoms with Gasteiger partial charge in [0.25, 0.3) is 0 Å². The van der Waals surface area contributed by atoms with Crippen molar-refractivity contribution in [3.63, 3.8) is 0 Å². The predicted octanol–water partition coefficient (Wildman–Crippen LogP) is 2.68. The van der Waals surface area contributed by atoms with Crippen LogP contribution in [-0.2, 0) is 0 Å². The minimum Gasteiger partial charge on any atom is -0.350 e. The summed E-state index contributed by atoms with van der Waals surface area (Å²) in [7, 11) is 0. The number of urea groups is 1. The Hall–Kier alpha value is -1.92. The monoisotopic (exact) mass is 277 g/mol. The number of nitrogens with two attached hydrogens (primary N) is 1. The van der Waals surface area contributed by atoms with Crippen LogP contribution in [0.5, 0.6) is 0 Å². The van der Waals surface area contributed by atoms with Crippen LogP contribution in [0.1, 0.15) is 17.7 Å². The smallest absolute Gasteiger partial charge is 0.338 e. The van der Waals surface area contributed by atoms with Crippen LogP contribution in [0.25, 0.3) is 10.6 Å². The van der Waals surface area contributed by atoms with Gasteiger partial charge in [-0.15, -0.1) is 11.3 Å². The first kappa shape index (κ1) is 13.5. The van der Waals surface area contributed by atoms with Gasteiger partial charge in [-0.1, -0.05) is 13.0 Å². The summed E-state index contributed by atoms with van der Waals surface area (Å²) in [5, 5.41) is 9.87. The summed E-state index contributed by atoms with van der Waals surface area (Å²) in [6, 6.07) is 8.89. The normalized spacial score (nSPS) is 12.1. The molecule has 6 heteroatoms. The van der Waals surface area contributed by atoms with E-state index in [1.54, 1.807) is 17.5 Å². The van der Waals surface area contributed by atoms with Crippen LogP contribution in [0.3, 0.4) is 0 Å². The highest BCUT2D eigenvalue weighted by molar-refractivity contribution is 7.15. The molecule has 0 spiro atoms. The molecule has 0 aromatic carbocycles. The van der Waals surface area contributed by atoms with Crippen LogP contribution < -0.4 is 5.73 Å². The van der Waals surface area contributed by atoms with Gasteiger partial charge in [-0.05, 0) is 24.3 Å². The predicted molar refractivity (Wildman–Crippen MR) is 74.0 cm³/mol. The maximum atomic E-state index is 10.8. The van der Waals surface area contributed by atoms with Gasteiger partial charge in [0.1, 0.15) is 0 Å². The second kappa shape index (κ2) is 5.81. The van der Waals surface area contributed by atoms with E-state index in [4.69, 9.17) is 5.73 Å². The molecule has 5 nitrogen and oxygen atoms in total. The second-order valence-corrected chi connectivity index (χ2v) is 5.35. The summed E-state index contributed by atoms with van der Waals surface area (Å²) in [5.41, 5.74) is 5.91. The molecule has 2 rings (SSSR count). The van der Waals surface area contributed by atoms with E-state index >= 15 is 0 Å². The van der Waals surface area contributed by atoms with Crippen molar-refractivity contribution in [2.45, 2.75) is 12.8 Å². The fourth-order valence-corrected chi connectivity index (χ4v) is 2.73. The highest BCUT2D eigenvalue weighted by Crippen LogP contribution is 2.31. The number of carbonyl (C=O) groups excluding carboxylic acids is 1. The Bertz CT molecular complexity index is 556. The molecule has 0 aliphatic rings. The van der Waals surface area contributed by atoms with Crippen molar-refractivity contribution in [3.8, 4) is 10.6 Å². The number of amides is 2. The molecule has 0 saturated carbocycles. The van der Waals surface area contributed by atoms with Crippen molar-refractivity contribution >= 4 is 17.4 Å². The van der Waals surface area contributed by atoms with Gasteiger partial charge in [0.05, 0.1) is 17.1 Å². The third-order valence-corrected chi connectivity index (χ3v) is 4.07. The highest BCUT2D eigenvalue weighted by Gasteiger charge is 2.15. The van der Waals surface area contributed by atoms with E-state index in [0.29, 0.717) is 5.06 Å². The number of primary amides is 1. The molecule has 0 aliphatic heterocycles. The van der Waals surface area contributed by atoms with Gasteiger partial charge in [-0.25, -0.2) is 9.86 Å². The number of hydroxylamine groups is 2. The summed E-state index contributed by atoms with van der Waals surface area (Å²) in [6.07, 6.45) is 1.75. The molecule has 0 bridgehead atoms. The highest BCUT2D eigenvalue weighted by atomic mass is 32.1. The molecule has 0 radical (unpaired) electrons. The minimum absolute atomic E-state index is 0.0139. The molecule has 3 N–H and O–H groups in total. The molecule has 100 valence electrons. The standard InChI is InChI=1S/C13H15N3O2S/c1-9(8-16(18)13(14)17)11-5-6-12(19-11)10-4-2-3-7-15-10/h2-7,9,18H,8H2,1H3,(H2,14,17). The molecule has 19 heavy (non-hydrogen) atoms. The fraction of sp³-hybridized carbons (Fsp3) is 0.231. The van der Waals surface area contributed by atoms with Gasteiger partial charge < -0.3 is 5.73 Å². The van der Waals surface area contributed by atoms with Gasteiger partial charge in [-0.3, -0.25) is 10.2 Å². The molecule has 1 unspecified atom stereocenters. The van der Waals surface area contributed by atoms with Gasteiger partial charge in [0.2, 0.25) is 0 Å². The zero-order valence-electron chi connectivity index (χ0n) is 10.5. The largest absolute Gasteiger partial charge is 0.350 e. The minimum atomic E-state index is -0.839. The number of pyridine rings is 1. The van der Waals surface area contributed by atoms with Gasteiger partial charge in [-0.2, -0.15) is 0 Å². The summed E-state index contributed by atoms with van der Waals surface area (Å²) in [4.78, 5) is 17.2. The molecule has 2 amide bonds. The third kappa shape index (κ3) is 3.30. The maximum absolute atomic E-state index is 10.8. The zero-order chi connectivity index (χ0) is 13.8. The SMILES string of the molecule is CC(CN(O)C(N)=O)c1ccc(-c2ccccn2)s1. The Balaban J connectivity index is 2.11. The van der Waals surface area contributed by atoms with Crippen molar-refractivity contribution in [3.05, 3.63) is 41.4 Å². The molecular weight excluding hydrogens is 262 g/mol. The number of nitrogens with zero attached hydrogens (tertiary/aromatic N) is 2.